The number of rotatable bonds is 5. The van der Waals surface area contributed by atoms with Crippen LogP contribution in [0.1, 0.15) is 10.4 Å². The molecule has 0 fully saturated rings. The number of anilines is 3. The van der Waals surface area contributed by atoms with E-state index in [4.69, 9.17) is 0 Å². The van der Waals surface area contributed by atoms with Gasteiger partial charge in [-0.2, -0.15) is 0 Å². The van der Waals surface area contributed by atoms with Crippen molar-refractivity contribution in [2.45, 2.75) is 0 Å². The second-order valence-electron chi connectivity index (χ2n) is 3.09. The monoisotopic (exact) mass is 239 g/mol. The predicted octanol–water partition coefficient (Wildman–Crippen LogP) is 2.24. The summed E-state index contributed by atoms with van der Waals surface area (Å²) >= 11 is 0. The van der Waals surface area contributed by atoms with Crippen LogP contribution in [0.15, 0.2) is 12.1 Å². The Morgan fingerprint density at radius 3 is 1.88 bits per heavy atom. The molecule has 0 amide bonds. The van der Waals surface area contributed by atoms with Gasteiger partial charge in [-0.1, -0.05) is 0 Å². The molecule has 5 nitrogen and oxygen atoms in total. The van der Waals surface area contributed by atoms with Crippen LogP contribution in [0.5, 0.6) is 0 Å². The first kappa shape index (κ1) is 12.5. The van der Waals surface area contributed by atoms with Crippen molar-refractivity contribution in [3.8, 4) is 0 Å². The van der Waals surface area contributed by atoms with Crippen molar-refractivity contribution in [2.75, 3.05) is 37.1 Å². The molecule has 0 aliphatic heterocycles. The van der Waals surface area contributed by atoms with Gasteiger partial charge in [-0.3, -0.25) is 9.36 Å². The molecule has 1 aromatic carbocycles. The second kappa shape index (κ2) is 5.47. The van der Waals surface area contributed by atoms with Crippen LogP contribution in [-0.4, -0.2) is 26.7 Å². The zero-order chi connectivity index (χ0) is 12.1. The maximum atomic E-state index is 11.5. The molecule has 0 aromatic heterocycles. The third-order valence-electron chi connectivity index (χ3n) is 2.26. The summed E-state index contributed by atoms with van der Waals surface area (Å²) in [6.45, 7) is 0. The SMILES string of the molecule is CNc1cc(NC)c(C(=O)P=O)c(NC)c1. The Morgan fingerprint density at radius 1 is 1.06 bits per heavy atom. The molecule has 0 aliphatic carbocycles. The summed E-state index contributed by atoms with van der Waals surface area (Å²) in [6, 6.07) is 3.58. The first-order valence-corrected chi connectivity index (χ1v) is 5.58. The van der Waals surface area contributed by atoms with Crippen LogP contribution >= 0.6 is 8.46 Å². The maximum Gasteiger partial charge on any atom is 0.257 e. The summed E-state index contributed by atoms with van der Waals surface area (Å²) in [7, 11) is 4.71. The van der Waals surface area contributed by atoms with E-state index in [-0.39, 0.29) is 0 Å². The molecule has 0 saturated heterocycles. The van der Waals surface area contributed by atoms with Crippen LogP contribution in [0, 0.1) is 0 Å². The highest BCUT2D eigenvalue weighted by Gasteiger charge is 2.16. The van der Waals surface area contributed by atoms with E-state index in [1.165, 1.54) is 0 Å². The molecule has 0 radical (unpaired) electrons. The molecule has 0 saturated carbocycles. The van der Waals surface area contributed by atoms with E-state index < -0.39 is 14.0 Å². The fourth-order valence-corrected chi connectivity index (χ4v) is 1.79. The lowest BCUT2D eigenvalue weighted by Gasteiger charge is -2.13. The minimum absolute atomic E-state index is 0.403. The minimum Gasteiger partial charge on any atom is -0.388 e. The van der Waals surface area contributed by atoms with Gasteiger partial charge in [-0.05, 0) is 12.1 Å². The quantitative estimate of drug-likeness (QED) is 0.687. The highest BCUT2D eigenvalue weighted by Crippen LogP contribution is 2.31. The topological polar surface area (TPSA) is 70.2 Å². The van der Waals surface area contributed by atoms with Crippen LogP contribution in [0.4, 0.5) is 17.1 Å². The van der Waals surface area contributed by atoms with E-state index in [2.05, 4.69) is 16.0 Å². The van der Waals surface area contributed by atoms with Crippen LogP contribution in [-0.2, 0) is 4.57 Å². The average molecular weight is 239 g/mol. The molecule has 0 atom stereocenters. The van der Waals surface area contributed by atoms with Gasteiger partial charge >= 0.3 is 0 Å². The van der Waals surface area contributed by atoms with E-state index in [9.17, 15) is 9.36 Å². The molecule has 0 bridgehead atoms. The van der Waals surface area contributed by atoms with Gasteiger partial charge in [-0.15, -0.1) is 0 Å². The number of nitrogens with one attached hydrogen (secondary N) is 3. The standard InChI is InChI=1S/C10H14N3O2P/c1-11-6-4-7(12-2)9(10(14)16-15)8(5-6)13-3/h4-5,11-13H,1-3H3. The Labute approximate surface area is 95.8 Å². The number of carbonyl (C=O) groups is 1. The zero-order valence-corrected chi connectivity index (χ0v) is 10.3. The van der Waals surface area contributed by atoms with Gasteiger partial charge in [0.25, 0.3) is 5.52 Å². The van der Waals surface area contributed by atoms with E-state index >= 15 is 0 Å². The highest BCUT2D eigenvalue weighted by atomic mass is 31.1. The van der Waals surface area contributed by atoms with Crippen molar-refractivity contribution in [3.63, 3.8) is 0 Å². The Bertz CT molecular complexity index is 396. The Hall–Kier alpha value is -1.61. The van der Waals surface area contributed by atoms with Crippen molar-refractivity contribution in [2.24, 2.45) is 0 Å². The van der Waals surface area contributed by atoms with E-state index in [0.29, 0.717) is 16.9 Å². The zero-order valence-electron chi connectivity index (χ0n) is 9.42. The van der Waals surface area contributed by atoms with Gasteiger partial charge in [0.2, 0.25) is 8.46 Å². The average Bonchev–Trinajstić information content (AvgIpc) is 2.35. The van der Waals surface area contributed by atoms with E-state index in [0.717, 1.165) is 5.69 Å². The van der Waals surface area contributed by atoms with Crippen LogP contribution in [0.25, 0.3) is 0 Å². The Morgan fingerprint density at radius 2 is 1.56 bits per heavy atom. The summed E-state index contributed by atoms with van der Waals surface area (Å²) in [6.07, 6.45) is 0. The Balaban J connectivity index is 3.42. The summed E-state index contributed by atoms with van der Waals surface area (Å²) in [5.74, 6) is 0. The fraction of sp³-hybridized carbons (Fsp3) is 0.300. The first-order valence-electron chi connectivity index (χ1n) is 4.77. The second-order valence-corrected chi connectivity index (χ2v) is 3.68. The third-order valence-corrected chi connectivity index (χ3v) is 2.65. The van der Waals surface area contributed by atoms with Crippen molar-refractivity contribution in [1.29, 1.82) is 0 Å². The molecular formula is C10H14N3O2P. The molecule has 0 heterocycles. The van der Waals surface area contributed by atoms with E-state index in [1.807, 2.05) is 0 Å². The molecule has 1 aromatic rings. The lowest BCUT2D eigenvalue weighted by atomic mass is 10.1. The van der Waals surface area contributed by atoms with Crippen LogP contribution in [0.2, 0.25) is 0 Å². The lowest BCUT2D eigenvalue weighted by Crippen LogP contribution is -2.05. The van der Waals surface area contributed by atoms with E-state index in [1.54, 1.807) is 33.3 Å². The van der Waals surface area contributed by atoms with Crippen molar-refractivity contribution in [1.82, 2.24) is 0 Å². The van der Waals surface area contributed by atoms with Gasteiger partial charge in [0, 0.05) is 38.2 Å². The molecule has 16 heavy (non-hydrogen) atoms. The summed E-state index contributed by atoms with van der Waals surface area (Å²) in [5, 5.41) is 8.82. The largest absolute Gasteiger partial charge is 0.388 e. The summed E-state index contributed by atoms with van der Waals surface area (Å²) in [4.78, 5) is 11.5. The maximum absolute atomic E-state index is 11.5. The van der Waals surface area contributed by atoms with Gasteiger partial charge < -0.3 is 16.0 Å². The van der Waals surface area contributed by atoms with Gasteiger partial charge in [0.1, 0.15) is 0 Å². The molecule has 0 unspecified atom stereocenters. The summed E-state index contributed by atoms with van der Waals surface area (Å²) in [5.41, 5.74) is 2.11. The molecule has 6 heteroatoms. The minimum atomic E-state index is -0.511. The molecule has 0 spiro atoms. The predicted molar refractivity (Wildman–Crippen MR) is 67.0 cm³/mol. The normalized spacial score (nSPS) is 9.94. The van der Waals surface area contributed by atoms with Gasteiger partial charge in [0.05, 0.1) is 5.56 Å². The first-order chi connectivity index (χ1) is 7.67. The number of carbonyl (C=O) groups excluding carboxylic acids is 1. The van der Waals surface area contributed by atoms with Crippen molar-refractivity contribution >= 4 is 31.0 Å². The molecular weight excluding hydrogens is 225 g/mol. The third kappa shape index (κ3) is 2.31. The van der Waals surface area contributed by atoms with Crippen molar-refractivity contribution in [3.05, 3.63) is 17.7 Å². The molecule has 0 aliphatic rings. The molecule has 3 N–H and O–H groups in total. The summed E-state index contributed by atoms with van der Waals surface area (Å²) < 4.78 is 10.7. The Kier molecular flexibility index (Phi) is 4.26. The van der Waals surface area contributed by atoms with Crippen molar-refractivity contribution < 1.29 is 9.36 Å². The smallest absolute Gasteiger partial charge is 0.257 e. The van der Waals surface area contributed by atoms with Gasteiger partial charge in [0.15, 0.2) is 0 Å². The van der Waals surface area contributed by atoms with Gasteiger partial charge in [-0.25, -0.2) is 0 Å². The molecule has 1 rings (SSSR count). The molecule has 86 valence electrons. The fourth-order valence-electron chi connectivity index (χ4n) is 1.46. The number of hydrogen-bond donors (Lipinski definition) is 3. The van der Waals surface area contributed by atoms with Crippen LogP contribution in [0.3, 0.4) is 0 Å². The number of benzene rings is 1. The highest BCUT2D eigenvalue weighted by molar-refractivity contribution is 7.47. The number of hydrogen-bond acceptors (Lipinski definition) is 5. The van der Waals surface area contributed by atoms with Crippen LogP contribution < -0.4 is 16.0 Å². The lowest BCUT2D eigenvalue weighted by molar-refractivity contribution is 0.108.